The molecule has 2 aromatic heterocycles. The molecule has 1 aliphatic carbocycles. The maximum atomic E-state index is 13.1. The van der Waals surface area contributed by atoms with Crippen LogP contribution in [0.4, 0.5) is 11.5 Å². The Kier molecular flexibility index (Phi) is 4.19. The summed E-state index contributed by atoms with van der Waals surface area (Å²) >= 11 is 1.56. The number of rotatable bonds is 3. The van der Waals surface area contributed by atoms with Crippen molar-refractivity contribution in [3.05, 3.63) is 107 Å². The number of nitrogens with zero attached hydrogens (tertiary/aromatic N) is 2. The first-order valence-electron chi connectivity index (χ1n) is 10.1. The average Bonchev–Trinajstić information content (AvgIpc) is 3.28. The summed E-state index contributed by atoms with van der Waals surface area (Å²) in [6.45, 7) is 0. The predicted octanol–water partition coefficient (Wildman–Crippen LogP) is 5.88. The molecule has 5 nitrogen and oxygen atoms in total. The number of nitrogens with one attached hydrogen (secondary N) is 1. The number of thiophene rings is 1. The van der Waals surface area contributed by atoms with Crippen molar-refractivity contribution in [1.82, 2.24) is 9.97 Å². The topological polar surface area (TPSA) is 72.0 Å². The number of carbonyl (C=O) groups excluding carboxylic acids is 2. The first-order chi connectivity index (χ1) is 15.7. The van der Waals surface area contributed by atoms with E-state index in [4.69, 9.17) is 0 Å². The van der Waals surface area contributed by atoms with E-state index in [1.807, 2.05) is 18.2 Å². The minimum absolute atomic E-state index is 0.129. The van der Waals surface area contributed by atoms with Gasteiger partial charge in [-0.25, -0.2) is 9.97 Å². The van der Waals surface area contributed by atoms with Crippen LogP contribution in [0, 0.1) is 0 Å². The van der Waals surface area contributed by atoms with Crippen molar-refractivity contribution in [2.75, 3.05) is 5.32 Å². The number of ketones is 2. The molecule has 0 atom stereocenters. The summed E-state index contributed by atoms with van der Waals surface area (Å²) in [5.41, 5.74) is 4.54. The van der Waals surface area contributed by atoms with Crippen LogP contribution in [0.1, 0.15) is 31.8 Å². The summed E-state index contributed by atoms with van der Waals surface area (Å²) in [4.78, 5) is 35.7. The van der Waals surface area contributed by atoms with E-state index in [-0.39, 0.29) is 11.6 Å². The van der Waals surface area contributed by atoms with Crippen LogP contribution in [0.15, 0.2) is 84.5 Å². The Morgan fingerprint density at radius 2 is 1.38 bits per heavy atom. The van der Waals surface area contributed by atoms with Crippen molar-refractivity contribution in [1.29, 1.82) is 0 Å². The zero-order chi connectivity index (χ0) is 21.7. The van der Waals surface area contributed by atoms with Crippen LogP contribution in [-0.4, -0.2) is 21.5 Å². The Morgan fingerprint density at radius 3 is 2.16 bits per heavy atom. The van der Waals surface area contributed by atoms with Gasteiger partial charge in [0.15, 0.2) is 11.6 Å². The number of benzene rings is 3. The lowest BCUT2D eigenvalue weighted by atomic mass is 9.84. The molecular formula is C26H15N3O2S. The van der Waals surface area contributed by atoms with Gasteiger partial charge in [-0.3, -0.25) is 9.59 Å². The Hall–Kier alpha value is -4.16. The highest BCUT2D eigenvalue weighted by Gasteiger charge is 2.29. The first-order valence-corrected chi connectivity index (χ1v) is 11.0. The average molecular weight is 433 g/mol. The summed E-state index contributed by atoms with van der Waals surface area (Å²) in [6.07, 6.45) is 1.53. The Labute approximate surface area is 187 Å². The van der Waals surface area contributed by atoms with Crippen molar-refractivity contribution < 1.29 is 9.59 Å². The molecule has 0 unspecified atom stereocenters. The fraction of sp³-hybridized carbons (Fsp3) is 0. The van der Waals surface area contributed by atoms with E-state index >= 15 is 0 Å². The van der Waals surface area contributed by atoms with Crippen molar-refractivity contribution in [2.45, 2.75) is 0 Å². The number of hydrogen-bond acceptors (Lipinski definition) is 6. The molecule has 0 bridgehead atoms. The van der Waals surface area contributed by atoms with Gasteiger partial charge in [-0.15, -0.1) is 11.3 Å². The van der Waals surface area contributed by atoms with E-state index in [9.17, 15) is 9.59 Å². The van der Waals surface area contributed by atoms with E-state index < -0.39 is 0 Å². The van der Waals surface area contributed by atoms with Crippen molar-refractivity contribution in [2.24, 2.45) is 0 Å². The van der Waals surface area contributed by atoms with Gasteiger partial charge < -0.3 is 5.32 Å². The second kappa shape index (κ2) is 7.21. The summed E-state index contributed by atoms with van der Waals surface area (Å²) in [7, 11) is 0. The maximum Gasteiger partial charge on any atom is 0.194 e. The molecule has 2 heterocycles. The lowest BCUT2D eigenvalue weighted by Gasteiger charge is -2.18. The third-order valence-electron chi connectivity index (χ3n) is 5.64. The third kappa shape index (κ3) is 2.85. The molecular weight excluding hydrogens is 418 g/mol. The van der Waals surface area contributed by atoms with Crippen molar-refractivity contribution in [3.63, 3.8) is 0 Å². The molecule has 32 heavy (non-hydrogen) atoms. The van der Waals surface area contributed by atoms with E-state index in [1.54, 1.807) is 53.8 Å². The molecule has 6 heteroatoms. The van der Waals surface area contributed by atoms with Gasteiger partial charge in [-0.05, 0) is 23.8 Å². The molecule has 0 spiro atoms. The van der Waals surface area contributed by atoms with Gasteiger partial charge in [0.25, 0.3) is 0 Å². The predicted molar refractivity (Wildman–Crippen MR) is 126 cm³/mol. The molecule has 3 aromatic carbocycles. The fourth-order valence-corrected chi connectivity index (χ4v) is 5.03. The molecule has 6 rings (SSSR count). The highest BCUT2D eigenvalue weighted by atomic mass is 32.1. The van der Waals surface area contributed by atoms with Gasteiger partial charge in [0.1, 0.15) is 17.0 Å². The van der Waals surface area contributed by atoms with Crippen molar-refractivity contribution >= 4 is 44.6 Å². The summed E-state index contributed by atoms with van der Waals surface area (Å²) in [5, 5.41) is 6.35. The second-order valence-electron chi connectivity index (χ2n) is 7.51. The minimum atomic E-state index is -0.146. The van der Waals surface area contributed by atoms with E-state index in [0.29, 0.717) is 33.8 Å². The SMILES string of the molecule is O=C1c2ccccc2C(=O)c2cc(Nc3ncnc4scc(-c5ccccc5)c34)ccc21. The third-order valence-corrected chi connectivity index (χ3v) is 6.53. The van der Waals surface area contributed by atoms with Gasteiger partial charge in [0.2, 0.25) is 0 Å². The highest BCUT2D eigenvalue weighted by molar-refractivity contribution is 7.17. The van der Waals surface area contributed by atoms with Crippen LogP contribution < -0.4 is 5.32 Å². The molecule has 0 saturated carbocycles. The second-order valence-corrected chi connectivity index (χ2v) is 8.37. The molecule has 0 saturated heterocycles. The van der Waals surface area contributed by atoms with E-state index in [2.05, 4.69) is 32.8 Å². The fourth-order valence-electron chi connectivity index (χ4n) is 4.11. The first kappa shape index (κ1) is 18.6. The number of hydrogen-bond donors (Lipinski definition) is 1. The standard InChI is InChI=1S/C26H15N3O2S/c30-23-17-8-4-5-9-18(17)24(31)20-12-16(10-11-19(20)23)29-25-22-21(15-6-2-1-3-7-15)13-32-26(22)28-14-27-25/h1-14H,(H,27,28,29). The molecule has 152 valence electrons. The molecule has 1 aliphatic rings. The molecule has 0 amide bonds. The summed E-state index contributed by atoms with van der Waals surface area (Å²) in [5.74, 6) is 0.382. The Bertz CT molecular complexity index is 1540. The monoisotopic (exact) mass is 433 g/mol. The minimum Gasteiger partial charge on any atom is -0.340 e. The Morgan fingerprint density at radius 1 is 0.688 bits per heavy atom. The van der Waals surface area contributed by atoms with Crippen LogP contribution in [-0.2, 0) is 0 Å². The highest BCUT2D eigenvalue weighted by Crippen LogP contribution is 2.38. The van der Waals surface area contributed by atoms with Gasteiger partial charge in [0, 0.05) is 38.9 Å². The number of carbonyl (C=O) groups is 2. The van der Waals surface area contributed by atoms with Gasteiger partial charge in [-0.2, -0.15) is 0 Å². The molecule has 0 aliphatic heterocycles. The maximum absolute atomic E-state index is 13.1. The van der Waals surface area contributed by atoms with Crippen LogP contribution in [0.5, 0.6) is 0 Å². The largest absolute Gasteiger partial charge is 0.340 e. The van der Waals surface area contributed by atoms with E-state index in [0.717, 1.165) is 21.3 Å². The lowest BCUT2D eigenvalue weighted by molar-refractivity contribution is 0.0979. The van der Waals surface area contributed by atoms with Crippen LogP contribution in [0.2, 0.25) is 0 Å². The smallest absolute Gasteiger partial charge is 0.194 e. The van der Waals surface area contributed by atoms with E-state index in [1.165, 1.54) is 6.33 Å². The van der Waals surface area contributed by atoms with Crippen molar-refractivity contribution in [3.8, 4) is 11.1 Å². The van der Waals surface area contributed by atoms with Gasteiger partial charge in [-0.1, -0.05) is 54.6 Å². The normalized spacial score (nSPS) is 12.5. The molecule has 0 fully saturated rings. The molecule has 1 N–H and O–H groups in total. The number of anilines is 2. The van der Waals surface area contributed by atoms with Crippen LogP contribution in [0.3, 0.4) is 0 Å². The number of fused-ring (bicyclic) bond motifs is 3. The zero-order valence-corrected chi connectivity index (χ0v) is 17.5. The van der Waals surface area contributed by atoms with Crippen LogP contribution >= 0.6 is 11.3 Å². The van der Waals surface area contributed by atoms with Gasteiger partial charge in [0.05, 0.1) is 5.39 Å². The Balaban J connectivity index is 1.44. The molecule has 5 aromatic rings. The number of aromatic nitrogens is 2. The quantitative estimate of drug-likeness (QED) is 0.377. The zero-order valence-electron chi connectivity index (χ0n) is 16.7. The summed E-state index contributed by atoms with van der Waals surface area (Å²) < 4.78 is 0. The summed E-state index contributed by atoms with van der Waals surface area (Å²) in [6, 6.07) is 22.3. The lowest BCUT2D eigenvalue weighted by Crippen LogP contribution is -2.20. The molecule has 0 radical (unpaired) electrons. The van der Waals surface area contributed by atoms with Crippen LogP contribution in [0.25, 0.3) is 21.3 Å². The van der Waals surface area contributed by atoms with Gasteiger partial charge >= 0.3 is 0 Å².